The van der Waals surface area contributed by atoms with Crippen molar-refractivity contribution in [3.8, 4) is 0 Å². The molecule has 5 nitrogen and oxygen atoms in total. The van der Waals surface area contributed by atoms with Crippen LogP contribution in [0.15, 0.2) is 66.7 Å². The average Bonchev–Trinajstić information content (AvgIpc) is 2.73. The van der Waals surface area contributed by atoms with Crippen molar-refractivity contribution in [1.82, 2.24) is 4.90 Å². The van der Waals surface area contributed by atoms with Gasteiger partial charge in [0.15, 0.2) is 0 Å². The van der Waals surface area contributed by atoms with Gasteiger partial charge in [-0.15, -0.1) is 0 Å². The zero-order valence-electron chi connectivity index (χ0n) is 17.4. The van der Waals surface area contributed by atoms with E-state index in [-0.39, 0.29) is 18.4 Å². The predicted molar refractivity (Wildman–Crippen MR) is 119 cm³/mol. The smallest absolute Gasteiger partial charge is 0.244 e. The molecule has 0 heterocycles. The predicted octanol–water partition coefficient (Wildman–Crippen LogP) is 4.29. The van der Waals surface area contributed by atoms with E-state index in [0.717, 1.165) is 16.5 Å². The van der Waals surface area contributed by atoms with E-state index in [0.29, 0.717) is 12.2 Å². The van der Waals surface area contributed by atoms with Gasteiger partial charge in [0.25, 0.3) is 0 Å². The summed E-state index contributed by atoms with van der Waals surface area (Å²) in [6, 6.07) is 19.0. The number of nitrogens with zero attached hydrogens (tertiary/aromatic N) is 2. The highest BCUT2D eigenvalue weighted by molar-refractivity contribution is 6.05. The third-order valence-corrected chi connectivity index (χ3v) is 5.16. The SMILES string of the molecule is CCN(C(=O)[C@H](C)N(C)CC(=O)Nc1cccc(F)c1)c1cccc2ccccc12. The molecule has 30 heavy (non-hydrogen) atoms. The van der Waals surface area contributed by atoms with Crippen molar-refractivity contribution >= 4 is 34.0 Å². The van der Waals surface area contributed by atoms with Crippen molar-refractivity contribution in [2.45, 2.75) is 19.9 Å². The van der Waals surface area contributed by atoms with E-state index in [1.807, 2.05) is 49.4 Å². The summed E-state index contributed by atoms with van der Waals surface area (Å²) < 4.78 is 13.3. The van der Waals surface area contributed by atoms with E-state index < -0.39 is 11.9 Å². The Balaban J connectivity index is 1.71. The highest BCUT2D eigenvalue weighted by Crippen LogP contribution is 2.27. The summed E-state index contributed by atoms with van der Waals surface area (Å²) in [5, 5.41) is 4.74. The van der Waals surface area contributed by atoms with Gasteiger partial charge in [-0.3, -0.25) is 14.5 Å². The van der Waals surface area contributed by atoms with Crippen LogP contribution in [0.2, 0.25) is 0 Å². The number of fused-ring (bicyclic) bond motifs is 1. The number of rotatable bonds is 7. The standard InChI is InChI=1S/C24H26FN3O2/c1-4-28(22-14-7-10-18-9-5-6-13-21(18)22)24(30)17(2)27(3)16-23(29)26-20-12-8-11-19(25)15-20/h5-15,17H,4,16H2,1-3H3,(H,26,29)/t17-/m0/s1. The molecule has 0 unspecified atom stereocenters. The molecule has 2 amide bonds. The lowest BCUT2D eigenvalue weighted by molar-refractivity contribution is -0.124. The summed E-state index contributed by atoms with van der Waals surface area (Å²) in [6.07, 6.45) is 0. The topological polar surface area (TPSA) is 52.7 Å². The maximum atomic E-state index is 13.3. The van der Waals surface area contributed by atoms with E-state index in [1.165, 1.54) is 18.2 Å². The van der Waals surface area contributed by atoms with Crippen molar-refractivity contribution in [3.05, 3.63) is 72.5 Å². The quantitative estimate of drug-likeness (QED) is 0.636. The third kappa shape index (κ3) is 4.83. The van der Waals surface area contributed by atoms with Crippen LogP contribution in [0, 0.1) is 5.82 Å². The minimum atomic E-state index is -0.512. The highest BCUT2D eigenvalue weighted by Gasteiger charge is 2.26. The van der Waals surface area contributed by atoms with E-state index in [2.05, 4.69) is 5.32 Å². The summed E-state index contributed by atoms with van der Waals surface area (Å²) in [7, 11) is 1.73. The second-order valence-electron chi connectivity index (χ2n) is 7.23. The Kier molecular flexibility index (Phi) is 6.79. The van der Waals surface area contributed by atoms with Gasteiger partial charge >= 0.3 is 0 Å². The Morgan fingerprint density at radius 2 is 1.73 bits per heavy atom. The molecule has 6 heteroatoms. The molecule has 0 aliphatic carbocycles. The lowest BCUT2D eigenvalue weighted by Crippen LogP contribution is -2.48. The monoisotopic (exact) mass is 407 g/mol. The maximum absolute atomic E-state index is 13.3. The van der Waals surface area contributed by atoms with E-state index in [4.69, 9.17) is 0 Å². The van der Waals surface area contributed by atoms with Gasteiger partial charge in [-0.25, -0.2) is 4.39 Å². The second kappa shape index (κ2) is 9.50. The Labute approximate surface area is 176 Å². The van der Waals surface area contributed by atoms with Gasteiger partial charge < -0.3 is 10.2 Å². The molecule has 3 aromatic rings. The number of hydrogen-bond donors (Lipinski definition) is 1. The van der Waals surface area contributed by atoms with Crippen molar-refractivity contribution in [3.63, 3.8) is 0 Å². The van der Waals surface area contributed by atoms with Crippen LogP contribution in [0.5, 0.6) is 0 Å². The van der Waals surface area contributed by atoms with Crippen LogP contribution >= 0.6 is 0 Å². The molecule has 0 aliphatic rings. The molecular formula is C24H26FN3O2. The molecule has 3 rings (SSSR count). The molecule has 0 saturated carbocycles. The lowest BCUT2D eigenvalue weighted by atomic mass is 10.1. The summed E-state index contributed by atoms with van der Waals surface area (Å²) in [4.78, 5) is 29.0. The fourth-order valence-electron chi connectivity index (χ4n) is 3.43. The first kappa shape index (κ1) is 21.5. The van der Waals surface area contributed by atoms with Crippen molar-refractivity contribution < 1.29 is 14.0 Å². The number of carbonyl (C=O) groups is 2. The van der Waals surface area contributed by atoms with Crippen LogP contribution in [-0.2, 0) is 9.59 Å². The number of amides is 2. The van der Waals surface area contributed by atoms with Gasteiger partial charge in [0.05, 0.1) is 18.3 Å². The third-order valence-electron chi connectivity index (χ3n) is 5.16. The fraction of sp³-hybridized carbons (Fsp3) is 0.250. The fourth-order valence-corrected chi connectivity index (χ4v) is 3.43. The summed E-state index contributed by atoms with van der Waals surface area (Å²) in [5.74, 6) is -0.816. The van der Waals surface area contributed by atoms with Crippen LogP contribution in [-0.4, -0.2) is 42.9 Å². The zero-order chi connectivity index (χ0) is 21.7. The van der Waals surface area contributed by atoms with Gasteiger partial charge in [-0.1, -0.05) is 42.5 Å². The number of halogens is 1. The Hall–Kier alpha value is -3.25. The first-order chi connectivity index (χ1) is 14.4. The molecule has 0 aliphatic heterocycles. The van der Waals surface area contributed by atoms with Gasteiger partial charge in [0.2, 0.25) is 11.8 Å². The number of benzene rings is 3. The maximum Gasteiger partial charge on any atom is 0.244 e. The lowest BCUT2D eigenvalue weighted by Gasteiger charge is -2.30. The van der Waals surface area contributed by atoms with Gasteiger partial charge in [0, 0.05) is 17.6 Å². The molecule has 0 spiro atoms. The highest BCUT2D eigenvalue weighted by atomic mass is 19.1. The number of carbonyl (C=O) groups excluding carboxylic acids is 2. The molecule has 0 saturated heterocycles. The number of nitrogens with one attached hydrogen (secondary N) is 1. The Bertz CT molecular complexity index is 1050. The van der Waals surface area contributed by atoms with Crippen molar-refractivity contribution in [1.29, 1.82) is 0 Å². The van der Waals surface area contributed by atoms with Gasteiger partial charge in [0.1, 0.15) is 5.82 Å². The zero-order valence-corrected chi connectivity index (χ0v) is 17.4. The van der Waals surface area contributed by atoms with Gasteiger partial charge in [-0.05, 0) is 50.5 Å². The molecule has 156 valence electrons. The van der Waals surface area contributed by atoms with Crippen LogP contribution in [0.25, 0.3) is 10.8 Å². The normalized spacial score (nSPS) is 12.0. The van der Waals surface area contributed by atoms with Crippen LogP contribution < -0.4 is 10.2 Å². The Morgan fingerprint density at radius 3 is 2.47 bits per heavy atom. The molecule has 1 atom stereocenters. The van der Waals surface area contributed by atoms with Crippen molar-refractivity contribution in [2.75, 3.05) is 30.4 Å². The molecule has 1 N–H and O–H groups in total. The first-order valence-corrected chi connectivity index (χ1v) is 9.95. The van der Waals surface area contributed by atoms with Crippen LogP contribution in [0.4, 0.5) is 15.8 Å². The molecule has 0 radical (unpaired) electrons. The minimum absolute atomic E-state index is 0.0104. The van der Waals surface area contributed by atoms with Crippen molar-refractivity contribution in [2.24, 2.45) is 0 Å². The second-order valence-corrected chi connectivity index (χ2v) is 7.23. The number of anilines is 2. The van der Waals surface area contributed by atoms with Gasteiger partial charge in [-0.2, -0.15) is 0 Å². The van der Waals surface area contributed by atoms with Crippen LogP contribution in [0.3, 0.4) is 0 Å². The Morgan fingerprint density at radius 1 is 1.03 bits per heavy atom. The summed E-state index contributed by atoms with van der Waals surface area (Å²) in [6.45, 7) is 4.24. The summed E-state index contributed by atoms with van der Waals surface area (Å²) >= 11 is 0. The summed E-state index contributed by atoms with van der Waals surface area (Å²) in [5.41, 5.74) is 1.24. The molecular weight excluding hydrogens is 381 g/mol. The molecule has 0 bridgehead atoms. The molecule has 3 aromatic carbocycles. The average molecular weight is 407 g/mol. The van der Waals surface area contributed by atoms with E-state index >= 15 is 0 Å². The van der Waals surface area contributed by atoms with E-state index in [9.17, 15) is 14.0 Å². The first-order valence-electron chi connectivity index (χ1n) is 9.95. The number of hydrogen-bond acceptors (Lipinski definition) is 3. The van der Waals surface area contributed by atoms with E-state index in [1.54, 1.807) is 29.8 Å². The number of likely N-dealkylation sites (N-methyl/N-ethyl adjacent to an activating group) is 2. The molecule has 0 aromatic heterocycles. The van der Waals surface area contributed by atoms with Crippen LogP contribution in [0.1, 0.15) is 13.8 Å². The molecule has 0 fully saturated rings. The largest absolute Gasteiger partial charge is 0.325 e. The minimum Gasteiger partial charge on any atom is -0.325 e.